The topological polar surface area (TPSA) is 204 Å². The molecule has 0 saturated heterocycles. The van der Waals surface area contributed by atoms with Crippen LogP contribution in [0.25, 0.3) is 59.4 Å². The number of aromatic amines is 1. The smallest absolute Gasteiger partial charge is 0.267 e. The summed E-state index contributed by atoms with van der Waals surface area (Å²) in [7, 11) is 0. The minimum absolute atomic E-state index is 0.0233. The first-order valence-corrected chi connectivity index (χ1v) is 46.0. The summed E-state index contributed by atoms with van der Waals surface area (Å²) in [5.41, 5.74) is 25.5. The second-order valence-electron chi connectivity index (χ2n) is 32.6. The molecule has 0 atom stereocenters. The molecule has 0 spiro atoms. The second-order valence-corrected chi connectivity index (χ2v) is 35.5. The predicted octanol–water partition coefficient (Wildman–Crippen LogP) is 27.4. The van der Waals surface area contributed by atoms with E-state index in [4.69, 9.17) is 22.6 Å². The van der Waals surface area contributed by atoms with Crippen LogP contribution in [0.4, 0.5) is 28.4 Å². The Morgan fingerprint density at radius 2 is 0.750 bits per heavy atom. The van der Waals surface area contributed by atoms with Crippen LogP contribution in [0.15, 0.2) is 348 Å². The van der Waals surface area contributed by atoms with Gasteiger partial charge in [-0.25, -0.2) is 4.85 Å². The van der Waals surface area contributed by atoms with Gasteiger partial charge in [-0.05, 0) is 146 Å². The first kappa shape index (κ1) is 90.2. The summed E-state index contributed by atoms with van der Waals surface area (Å²) in [5.74, 6) is -0.000636. The number of H-pyrrole nitrogens is 1. The molecule has 0 fully saturated rings. The molecule has 0 unspecified atom stereocenters. The molecule has 0 saturated carbocycles. The molecule has 9 aromatic heterocycles. The average Bonchev–Trinajstić information content (AvgIpc) is 1.66. The van der Waals surface area contributed by atoms with Crippen LogP contribution in [0.1, 0.15) is 124 Å². The molecule has 656 valence electrons. The molecule has 18 nitrogen and oxygen atoms in total. The lowest BCUT2D eigenvalue weighted by molar-refractivity contribution is 0.0989. The van der Waals surface area contributed by atoms with E-state index in [0.29, 0.717) is 43.6 Å². The number of rotatable bonds is 21. The minimum Gasteiger partial charge on any atom is -0.469 e. The minimum atomic E-state index is -0.178. The number of hydrogen-bond donors (Lipinski definition) is 5. The highest BCUT2D eigenvalue weighted by Gasteiger charge is 2.23. The van der Waals surface area contributed by atoms with Gasteiger partial charge >= 0.3 is 0 Å². The molecule has 0 bridgehead atoms. The van der Waals surface area contributed by atoms with Gasteiger partial charge in [0.1, 0.15) is 10.6 Å². The SMILES string of the molecule is Cc1ccc(Cn2cc(NC(=O)c3ccoc3C)c3ccccc32)cc1.Cc1ccc(Cn2cc(NC(=O)c3cn[nH]c3C)c3ccccc32)cc1.Cc1ccc(Cn2cc(NC(=O)c3cscc3Br)c3ccccc32)cc1.Cc1ccc(Cn2cc(NC(=O)c3sccc3Cl)c3ccccc32)cc1.[C-]#[N+]c1ccccc1C(=O)Cc1cn(Cc2ccc(C)cc2)c2ccccc12. The second kappa shape index (κ2) is 41.5. The molecular formula is C110H94BrClN12O6S2. The van der Waals surface area contributed by atoms with Crippen LogP contribution in [-0.4, -0.2) is 62.4 Å². The summed E-state index contributed by atoms with van der Waals surface area (Å²) < 4.78 is 16.9. The van der Waals surface area contributed by atoms with Crippen LogP contribution in [0.3, 0.4) is 0 Å². The summed E-state index contributed by atoms with van der Waals surface area (Å²) in [5, 5.41) is 30.1. The number of nitrogens with one attached hydrogen (secondary N) is 5. The Morgan fingerprint density at radius 3 is 1.10 bits per heavy atom. The third-order valence-corrected chi connectivity index (χ3v) is 26.0. The molecule has 0 aliphatic rings. The van der Waals surface area contributed by atoms with Gasteiger partial charge in [-0.3, -0.25) is 29.1 Å². The van der Waals surface area contributed by atoms with Gasteiger partial charge in [0.25, 0.3) is 23.6 Å². The van der Waals surface area contributed by atoms with E-state index in [1.165, 1.54) is 84.6 Å². The predicted molar refractivity (Wildman–Crippen MR) is 542 cm³/mol. The van der Waals surface area contributed by atoms with E-state index in [1.54, 1.807) is 43.5 Å². The van der Waals surface area contributed by atoms with E-state index < -0.39 is 0 Å². The highest BCUT2D eigenvalue weighted by Crippen LogP contribution is 2.36. The molecule has 132 heavy (non-hydrogen) atoms. The van der Waals surface area contributed by atoms with Crippen LogP contribution in [0.5, 0.6) is 0 Å². The average molecular weight is 1860 g/mol. The number of thiophene rings is 2. The molecule has 0 aliphatic carbocycles. The standard InChI is InChI=1S/C25H20N2O.C22H20N2O2.C21H17BrN2OS.C21H17ClN2OS.C21H20N4O/c1-18-11-13-19(14-12-18)16-27-17-20(21-7-4-6-10-24(21)27)15-25(28)22-8-3-5-9-23(22)26-2;1-15-7-9-17(10-8-15)13-24-14-20(19-5-3-4-6-21(19)24)23-22(25)18-11-12-26-16(18)2;1-14-6-8-15(9-7-14)10-24-11-19(16-4-2-3-5-20(16)24)23-21(25)17-12-26-13-18(17)22;1-14-6-8-15(9-7-14)12-24-13-18(16-4-2-3-5-19(16)24)23-21(25)20-17(22)10-11-26-20;1-14-7-9-16(10-8-14)12-25-13-19(17-5-3-4-6-20(17)25)23-21(26)18-11-22-24-15(18)2/h3-14,17H,15-16H2,1H3;3-12,14H,13H2,1-2H3,(H,23,25);2-9,11-13H,10H2,1H3,(H,23,25);2-11,13H,12H2,1H3,(H,23,25);3-11,13H,12H2,1-2H3,(H,22,24)(H,23,26). The normalized spacial score (nSPS) is 10.9. The zero-order chi connectivity index (χ0) is 91.9. The van der Waals surface area contributed by atoms with Crippen molar-refractivity contribution in [1.82, 2.24) is 33.0 Å². The number of ketones is 1. The van der Waals surface area contributed by atoms with Gasteiger partial charge in [-0.15, -0.1) is 11.3 Å². The van der Waals surface area contributed by atoms with Gasteiger partial charge in [0, 0.05) is 129 Å². The number of benzene rings is 11. The molecule has 20 aromatic rings. The van der Waals surface area contributed by atoms with Crippen LogP contribution >= 0.6 is 50.2 Å². The molecule has 9 heterocycles. The zero-order valence-electron chi connectivity index (χ0n) is 73.7. The van der Waals surface area contributed by atoms with E-state index in [9.17, 15) is 24.0 Å². The van der Waals surface area contributed by atoms with Gasteiger partial charge in [0.15, 0.2) is 11.5 Å². The monoisotopic (exact) mass is 1860 g/mol. The largest absolute Gasteiger partial charge is 0.469 e. The molecule has 5 N–H and O–H groups in total. The number of carbonyl (C=O) groups is 5. The van der Waals surface area contributed by atoms with Crippen molar-refractivity contribution in [3.8, 4) is 0 Å². The summed E-state index contributed by atoms with van der Waals surface area (Å²) in [4.78, 5) is 67.2. The number of Topliss-reactive ketones (excluding diaryl/α,β-unsaturated/α-hetero) is 1. The lowest BCUT2D eigenvalue weighted by Crippen LogP contribution is -2.12. The van der Waals surface area contributed by atoms with Crippen LogP contribution in [0.2, 0.25) is 5.02 Å². The van der Waals surface area contributed by atoms with Crippen molar-refractivity contribution in [3.63, 3.8) is 0 Å². The number of furan rings is 1. The van der Waals surface area contributed by atoms with Gasteiger partial charge in [-0.1, -0.05) is 276 Å². The molecule has 22 heteroatoms. The van der Waals surface area contributed by atoms with E-state index >= 15 is 0 Å². The number of fused-ring (bicyclic) bond motifs is 5. The fourth-order valence-electron chi connectivity index (χ4n) is 15.9. The van der Waals surface area contributed by atoms with Gasteiger partial charge in [-0.2, -0.15) is 16.4 Å². The molecule has 0 aliphatic heterocycles. The molecule has 11 aromatic carbocycles. The maximum absolute atomic E-state index is 12.9. The van der Waals surface area contributed by atoms with Gasteiger partial charge in [0.2, 0.25) is 0 Å². The van der Waals surface area contributed by atoms with Crippen molar-refractivity contribution in [3.05, 3.63) is 459 Å². The van der Waals surface area contributed by atoms with Crippen LogP contribution in [-0.2, 0) is 39.1 Å². The van der Waals surface area contributed by atoms with Crippen molar-refractivity contribution in [2.45, 2.75) is 87.6 Å². The third-order valence-electron chi connectivity index (χ3n) is 22.9. The van der Waals surface area contributed by atoms with Crippen molar-refractivity contribution in [2.75, 3.05) is 21.3 Å². The summed E-state index contributed by atoms with van der Waals surface area (Å²) in [6.45, 7) is 25.1. The Labute approximate surface area is 786 Å². The zero-order valence-corrected chi connectivity index (χ0v) is 77.7. The maximum atomic E-state index is 12.9. The van der Waals surface area contributed by atoms with Gasteiger partial charge < -0.3 is 48.5 Å². The molecule has 20 rings (SSSR count). The summed E-state index contributed by atoms with van der Waals surface area (Å²) in [6, 6.07) is 93.6. The third kappa shape index (κ3) is 21.5. The van der Waals surface area contributed by atoms with Crippen LogP contribution < -0.4 is 21.3 Å². The number of para-hydroxylation sites is 6. The fourth-order valence-corrected chi connectivity index (χ4v) is 18.4. The van der Waals surface area contributed by atoms with Crippen LogP contribution in [0, 0.1) is 55.0 Å². The molecule has 0 radical (unpaired) electrons. The first-order valence-electron chi connectivity index (χ1n) is 43.0. The highest BCUT2D eigenvalue weighted by molar-refractivity contribution is 9.10. The van der Waals surface area contributed by atoms with Crippen molar-refractivity contribution < 1.29 is 28.4 Å². The summed E-state index contributed by atoms with van der Waals surface area (Å²) >= 11 is 12.4. The molecular weight excluding hydrogens is 1760 g/mol. The van der Waals surface area contributed by atoms with Crippen molar-refractivity contribution in [2.24, 2.45) is 0 Å². The number of carbonyl (C=O) groups excluding carboxylic acids is 5. The van der Waals surface area contributed by atoms with E-state index in [2.05, 4.69) is 274 Å². The highest BCUT2D eigenvalue weighted by atomic mass is 79.9. The maximum Gasteiger partial charge on any atom is 0.267 e. The number of aromatic nitrogens is 7. The van der Waals surface area contributed by atoms with E-state index in [-0.39, 0.29) is 35.8 Å². The number of anilines is 4. The fraction of sp³-hybridized carbons (Fsp3) is 0.118. The van der Waals surface area contributed by atoms with Crippen molar-refractivity contribution >= 4 is 163 Å². The first-order chi connectivity index (χ1) is 64.1. The Kier molecular flexibility index (Phi) is 28.4. The Balaban J connectivity index is 0.000000120. The van der Waals surface area contributed by atoms with Gasteiger partial charge in [0.05, 0.1) is 85.6 Å². The number of hydrogen-bond acceptors (Lipinski definition) is 9. The van der Waals surface area contributed by atoms with E-state index in [0.717, 1.165) is 126 Å². The Bertz CT molecular complexity index is 6880. The number of amides is 4. The number of aryl methyl sites for hydroxylation is 7. The van der Waals surface area contributed by atoms with Crippen molar-refractivity contribution in [1.29, 1.82) is 0 Å². The molecule has 4 amide bonds. The number of nitrogens with zero attached hydrogens (tertiary/aromatic N) is 7. The van der Waals surface area contributed by atoms with E-state index in [1.807, 2.05) is 139 Å². The summed E-state index contributed by atoms with van der Waals surface area (Å²) in [6.07, 6.45) is 13.4. The Hall–Kier alpha value is -15.2. The number of halogens is 2. The lowest BCUT2D eigenvalue weighted by atomic mass is 10.0. The lowest BCUT2D eigenvalue weighted by Gasteiger charge is -2.06. The Morgan fingerprint density at radius 1 is 0.402 bits per heavy atom. The quantitative estimate of drug-likeness (QED) is 0.0347.